The van der Waals surface area contributed by atoms with Gasteiger partial charge in [0.15, 0.2) is 11.6 Å². The Balaban J connectivity index is 1.33. The van der Waals surface area contributed by atoms with Crippen LogP contribution < -0.4 is 0 Å². The van der Waals surface area contributed by atoms with Gasteiger partial charge in [-0.3, -0.25) is 14.4 Å². The highest BCUT2D eigenvalue weighted by molar-refractivity contribution is 6.30. The number of carbonyl (C=O) groups is 3. The van der Waals surface area contributed by atoms with E-state index in [-0.39, 0.29) is 42.8 Å². The molecule has 7 nitrogen and oxygen atoms in total. The highest BCUT2D eigenvalue weighted by atomic mass is 35.5. The fraction of sp³-hybridized carbons (Fsp3) is 0.280. The van der Waals surface area contributed by atoms with E-state index in [4.69, 9.17) is 11.6 Å². The van der Waals surface area contributed by atoms with E-state index in [0.29, 0.717) is 35.7 Å². The van der Waals surface area contributed by atoms with Gasteiger partial charge in [0, 0.05) is 41.5 Å². The quantitative estimate of drug-likeness (QED) is 0.645. The van der Waals surface area contributed by atoms with Gasteiger partial charge in [0.05, 0.1) is 12.3 Å². The van der Waals surface area contributed by atoms with Crippen molar-refractivity contribution in [2.45, 2.75) is 31.6 Å². The molecule has 1 aliphatic carbocycles. The Kier molecular flexibility index (Phi) is 5.72. The Morgan fingerprint density at radius 3 is 2.64 bits per heavy atom. The molecule has 8 heteroatoms. The first-order valence-electron chi connectivity index (χ1n) is 10.9. The predicted molar refractivity (Wildman–Crippen MR) is 123 cm³/mol. The van der Waals surface area contributed by atoms with Gasteiger partial charge in [-0.25, -0.2) is 0 Å². The number of hydrogen-bond donors (Lipinski definition) is 0. The zero-order chi connectivity index (χ0) is 22.9. The van der Waals surface area contributed by atoms with Crippen molar-refractivity contribution < 1.29 is 14.4 Å². The van der Waals surface area contributed by atoms with E-state index in [1.165, 1.54) is 4.90 Å². The highest BCUT2D eigenvalue weighted by Crippen LogP contribution is 2.43. The highest BCUT2D eigenvalue weighted by Gasteiger charge is 2.41. The van der Waals surface area contributed by atoms with E-state index >= 15 is 0 Å². The van der Waals surface area contributed by atoms with Crippen molar-refractivity contribution in [3.63, 3.8) is 0 Å². The van der Waals surface area contributed by atoms with E-state index < -0.39 is 0 Å². The normalized spacial score (nSPS) is 19.8. The maximum absolute atomic E-state index is 13.1. The van der Waals surface area contributed by atoms with E-state index in [1.54, 1.807) is 12.1 Å². The maximum Gasteiger partial charge on any atom is 0.228 e. The van der Waals surface area contributed by atoms with Gasteiger partial charge in [-0.15, -0.1) is 5.10 Å². The van der Waals surface area contributed by atoms with E-state index in [2.05, 4.69) is 15.4 Å². The van der Waals surface area contributed by atoms with E-state index in [0.717, 1.165) is 22.4 Å². The minimum absolute atomic E-state index is 0.0283. The molecule has 1 atom stereocenters. The lowest BCUT2D eigenvalue weighted by atomic mass is 9.83. The van der Waals surface area contributed by atoms with Gasteiger partial charge in [-0.05, 0) is 40.5 Å². The number of halogens is 1. The summed E-state index contributed by atoms with van der Waals surface area (Å²) in [6.45, 7) is 0.432. The van der Waals surface area contributed by atoms with Crippen LogP contribution in [0, 0.1) is 0 Å². The van der Waals surface area contributed by atoms with Gasteiger partial charge >= 0.3 is 0 Å². The lowest BCUT2D eigenvalue weighted by Crippen LogP contribution is -2.40. The van der Waals surface area contributed by atoms with Crippen LogP contribution in [-0.4, -0.2) is 41.2 Å². The van der Waals surface area contributed by atoms with Gasteiger partial charge in [-0.1, -0.05) is 48.0 Å². The summed E-state index contributed by atoms with van der Waals surface area (Å²) >= 11 is 6.14. The van der Waals surface area contributed by atoms with Crippen molar-refractivity contribution in [2.75, 3.05) is 13.1 Å². The summed E-state index contributed by atoms with van der Waals surface area (Å²) in [7, 11) is 0. The van der Waals surface area contributed by atoms with Crippen molar-refractivity contribution in [1.82, 2.24) is 4.90 Å². The summed E-state index contributed by atoms with van der Waals surface area (Å²) in [5.41, 5.74) is 4.78. The molecule has 5 rings (SSSR count). The fourth-order valence-corrected chi connectivity index (χ4v) is 4.91. The second-order valence-corrected chi connectivity index (χ2v) is 8.86. The molecule has 1 unspecified atom stereocenters. The molecule has 2 heterocycles. The fourth-order valence-electron chi connectivity index (χ4n) is 4.71. The number of ketones is 2. The average molecular weight is 461 g/mol. The molecule has 0 bridgehead atoms. The summed E-state index contributed by atoms with van der Waals surface area (Å²) in [5, 5.41) is 12.0. The maximum atomic E-state index is 13.1. The third kappa shape index (κ3) is 4.28. The number of carbonyl (C=O) groups excluding carboxylic acids is 3. The standard InChI is InChI=1S/C25H21ClN4O3/c26-18-3-1-2-17(11-18)20-12-24(33)30(22-8-9-23(32)25(20)22)14-19(31)10-15-4-6-16(7-5-15)21-13-27-29-28-21/h1-7,11,20H,8-10,12-14H2. The van der Waals surface area contributed by atoms with Crippen LogP contribution in [0.3, 0.4) is 0 Å². The topological polar surface area (TPSA) is 91.5 Å². The van der Waals surface area contributed by atoms with Gasteiger partial charge in [0.1, 0.15) is 6.54 Å². The smallest absolute Gasteiger partial charge is 0.228 e. The molecular weight excluding hydrogens is 440 g/mol. The molecule has 0 saturated heterocycles. The number of nitrogens with zero attached hydrogens (tertiary/aromatic N) is 4. The lowest BCUT2D eigenvalue weighted by molar-refractivity contribution is -0.134. The summed E-state index contributed by atoms with van der Waals surface area (Å²) in [6, 6.07) is 14.8. The Morgan fingerprint density at radius 2 is 1.91 bits per heavy atom. The number of rotatable bonds is 6. The van der Waals surface area contributed by atoms with Crippen LogP contribution in [0.5, 0.6) is 0 Å². The molecule has 1 amide bonds. The van der Waals surface area contributed by atoms with Crippen molar-refractivity contribution in [1.29, 1.82) is 0 Å². The monoisotopic (exact) mass is 460 g/mol. The van der Waals surface area contributed by atoms with Gasteiger partial charge in [-0.2, -0.15) is 5.11 Å². The minimum Gasteiger partial charge on any atom is -0.308 e. The first-order valence-corrected chi connectivity index (χ1v) is 11.2. The van der Waals surface area contributed by atoms with Crippen molar-refractivity contribution in [3.8, 4) is 0 Å². The molecule has 3 aliphatic rings. The van der Waals surface area contributed by atoms with Crippen LogP contribution in [0.15, 0.2) is 75.2 Å². The van der Waals surface area contributed by atoms with Crippen LogP contribution >= 0.6 is 11.6 Å². The molecule has 2 aliphatic heterocycles. The molecule has 33 heavy (non-hydrogen) atoms. The Hall–Kier alpha value is -3.45. The van der Waals surface area contributed by atoms with Crippen molar-refractivity contribution >= 4 is 34.8 Å². The number of allylic oxidation sites excluding steroid dienone is 2. The molecule has 2 aromatic rings. The Morgan fingerprint density at radius 1 is 1.09 bits per heavy atom. The molecule has 166 valence electrons. The van der Waals surface area contributed by atoms with Crippen LogP contribution in [-0.2, 0) is 20.8 Å². The molecule has 0 fully saturated rings. The molecule has 0 aromatic heterocycles. The SMILES string of the molecule is O=C(Cc1ccc(C2=NN=NC2)cc1)CN1C(=O)CC(c2cccc(Cl)c2)C2=C1CCC2=O. The first-order chi connectivity index (χ1) is 16.0. The average Bonchev–Trinajstić information content (AvgIpc) is 3.47. The van der Waals surface area contributed by atoms with Gasteiger partial charge in [0.25, 0.3) is 0 Å². The van der Waals surface area contributed by atoms with Gasteiger partial charge < -0.3 is 4.90 Å². The number of hydrogen-bond acceptors (Lipinski definition) is 6. The molecule has 0 radical (unpaired) electrons. The molecule has 2 aromatic carbocycles. The van der Waals surface area contributed by atoms with Crippen LogP contribution in [0.1, 0.15) is 41.9 Å². The van der Waals surface area contributed by atoms with E-state index in [1.807, 2.05) is 36.4 Å². The van der Waals surface area contributed by atoms with Crippen LogP contribution in [0.25, 0.3) is 0 Å². The van der Waals surface area contributed by atoms with Crippen molar-refractivity contribution in [2.24, 2.45) is 15.4 Å². The molecular formula is C25H21ClN4O3. The Bertz CT molecular complexity index is 1250. The zero-order valence-electron chi connectivity index (χ0n) is 17.8. The zero-order valence-corrected chi connectivity index (χ0v) is 18.6. The summed E-state index contributed by atoms with van der Waals surface area (Å²) in [6.07, 6.45) is 1.21. The minimum atomic E-state index is -0.308. The molecule has 0 saturated carbocycles. The third-order valence-corrected chi connectivity index (χ3v) is 6.51. The number of benzene rings is 2. The number of amides is 1. The lowest BCUT2D eigenvalue weighted by Gasteiger charge is -2.33. The van der Waals surface area contributed by atoms with Crippen LogP contribution in [0.4, 0.5) is 0 Å². The second kappa shape index (κ2) is 8.83. The van der Waals surface area contributed by atoms with Gasteiger partial charge in [0.2, 0.25) is 5.91 Å². The largest absolute Gasteiger partial charge is 0.308 e. The molecule has 0 spiro atoms. The molecule has 0 N–H and O–H groups in total. The second-order valence-electron chi connectivity index (χ2n) is 8.42. The third-order valence-electron chi connectivity index (χ3n) is 6.28. The summed E-state index contributed by atoms with van der Waals surface area (Å²) in [4.78, 5) is 40.1. The van der Waals surface area contributed by atoms with E-state index in [9.17, 15) is 14.4 Å². The van der Waals surface area contributed by atoms with Crippen LogP contribution in [0.2, 0.25) is 5.02 Å². The number of Topliss-reactive ketones (excluding diaryl/α,β-unsaturated/α-hetero) is 2. The van der Waals surface area contributed by atoms with Crippen molar-refractivity contribution in [3.05, 3.63) is 81.5 Å². The predicted octanol–water partition coefficient (Wildman–Crippen LogP) is 4.25. The Labute approximate surface area is 195 Å². The first kappa shape index (κ1) is 21.4. The summed E-state index contributed by atoms with van der Waals surface area (Å²) in [5.74, 6) is -0.476. The summed E-state index contributed by atoms with van der Waals surface area (Å²) < 4.78 is 0.